The Bertz CT molecular complexity index is 1120. The summed E-state index contributed by atoms with van der Waals surface area (Å²) in [5.74, 6) is 0.406. The molecule has 0 bridgehead atoms. The van der Waals surface area contributed by atoms with Gasteiger partial charge < -0.3 is 16.0 Å². The van der Waals surface area contributed by atoms with Gasteiger partial charge in [0.05, 0.1) is 40.9 Å². The average molecular weight is 469 g/mol. The first-order valence-corrected chi connectivity index (χ1v) is 10.5. The van der Waals surface area contributed by atoms with Crippen LogP contribution >= 0.6 is 15.9 Å². The molecule has 9 nitrogen and oxygen atoms in total. The number of hydrogen-bond acceptors (Lipinski definition) is 7. The van der Waals surface area contributed by atoms with E-state index in [1.165, 1.54) is 18.6 Å². The zero-order valence-electron chi connectivity index (χ0n) is 16.4. The van der Waals surface area contributed by atoms with Gasteiger partial charge in [0.25, 0.3) is 5.91 Å². The lowest BCUT2D eigenvalue weighted by Crippen LogP contribution is -2.31. The highest BCUT2D eigenvalue weighted by Gasteiger charge is 2.34. The van der Waals surface area contributed by atoms with Crippen LogP contribution in [0.4, 0.5) is 11.6 Å². The molecule has 1 aliphatic rings. The molecular formula is C20H21BrN8O. The fourth-order valence-electron chi connectivity index (χ4n) is 3.95. The van der Waals surface area contributed by atoms with Crippen molar-refractivity contribution in [3.8, 4) is 6.07 Å². The Morgan fingerprint density at radius 2 is 2.13 bits per heavy atom. The number of hydrogen-bond donors (Lipinski definition) is 2. The molecule has 0 aliphatic carbocycles. The largest absolute Gasteiger partial charge is 0.378 e. The van der Waals surface area contributed by atoms with E-state index in [-0.39, 0.29) is 6.04 Å². The van der Waals surface area contributed by atoms with Crippen molar-refractivity contribution in [1.82, 2.24) is 19.6 Å². The fourth-order valence-corrected chi connectivity index (χ4v) is 4.36. The minimum atomic E-state index is -0.526. The van der Waals surface area contributed by atoms with Gasteiger partial charge in [-0.15, -0.1) is 0 Å². The molecule has 0 spiro atoms. The molecule has 0 aromatic carbocycles. The molecule has 3 aromatic heterocycles. The predicted octanol–water partition coefficient (Wildman–Crippen LogP) is 2.57. The molecule has 3 N–H and O–H groups in total. The van der Waals surface area contributed by atoms with Crippen molar-refractivity contribution in [2.75, 3.05) is 23.3 Å². The van der Waals surface area contributed by atoms with E-state index < -0.39 is 5.91 Å². The van der Waals surface area contributed by atoms with Crippen molar-refractivity contribution in [3.05, 3.63) is 46.5 Å². The van der Waals surface area contributed by atoms with Crippen LogP contribution in [-0.4, -0.2) is 44.6 Å². The van der Waals surface area contributed by atoms with Gasteiger partial charge >= 0.3 is 0 Å². The molecular weight excluding hydrogens is 448 g/mol. The minimum absolute atomic E-state index is 0.0715. The molecule has 0 radical (unpaired) electrons. The average Bonchev–Trinajstić information content (AvgIpc) is 3.31. The molecule has 2 unspecified atom stereocenters. The molecule has 30 heavy (non-hydrogen) atoms. The number of anilines is 2. The van der Waals surface area contributed by atoms with Crippen molar-refractivity contribution in [3.63, 3.8) is 0 Å². The zero-order chi connectivity index (χ0) is 21.3. The molecule has 1 fully saturated rings. The van der Waals surface area contributed by atoms with Gasteiger partial charge in [-0.05, 0) is 34.3 Å². The molecule has 4 rings (SSSR count). The first kappa shape index (κ1) is 20.1. The molecule has 1 aliphatic heterocycles. The van der Waals surface area contributed by atoms with E-state index in [0.29, 0.717) is 35.2 Å². The third-order valence-electron chi connectivity index (χ3n) is 5.35. The topological polar surface area (TPSA) is 125 Å². The van der Waals surface area contributed by atoms with Crippen molar-refractivity contribution < 1.29 is 4.79 Å². The lowest BCUT2D eigenvalue weighted by Gasteiger charge is -2.22. The molecule has 10 heteroatoms. The maximum absolute atomic E-state index is 12.1. The number of nitrogens with zero attached hydrogens (tertiary/aromatic N) is 6. The summed E-state index contributed by atoms with van der Waals surface area (Å²) in [4.78, 5) is 22.8. The predicted molar refractivity (Wildman–Crippen MR) is 116 cm³/mol. The highest BCUT2D eigenvalue weighted by molar-refractivity contribution is 9.10. The number of nitrogens with one attached hydrogen (secondary N) is 1. The number of fused-ring (bicyclic) bond motifs is 1. The maximum Gasteiger partial charge on any atom is 0.252 e. The highest BCUT2D eigenvalue weighted by Crippen LogP contribution is 2.31. The number of primary amides is 1. The van der Waals surface area contributed by atoms with Crippen LogP contribution in [0.5, 0.6) is 0 Å². The van der Waals surface area contributed by atoms with E-state index in [1.807, 2.05) is 18.3 Å². The summed E-state index contributed by atoms with van der Waals surface area (Å²) in [5.41, 5.74) is 7.88. The quantitative estimate of drug-likeness (QED) is 0.569. The zero-order valence-corrected chi connectivity index (χ0v) is 18.0. The van der Waals surface area contributed by atoms with Gasteiger partial charge in [0, 0.05) is 29.8 Å². The number of nitriles is 1. The van der Waals surface area contributed by atoms with Gasteiger partial charge in [-0.3, -0.25) is 4.79 Å². The minimum Gasteiger partial charge on any atom is -0.378 e. The first-order chi connectivity index (χ1) is 14.5. The third kappa shape index (κ3) is 3.80. The van der Waals surface area contributed by atoms with Crippen LogP contribution in [-0.2, 0) is 0 Å². The van der Waals surface area contributed by atoms with E-state index in [1.54, 1.807) is 4.52 Å². The normalized spacial score (nSPS) is 18.5. The van der Waals surface area contributed by atoms with Crippen LogP contribution in [0.3, 0.4) is 0 Å². The second-order valence-electron chi connectivity index (χ2n) is 7.37. The molecule has 1 amide bonds. The maximum atomic E-state index is 12.1. The number of carbonyl (C=O) groups excluding carboxylic acids is 1. The van der Waals surface area contributed by atoms with Crippen LogP contribution < -0.4 is 16.0 Å². The van der Waals surface area contributed by atoms with Gasteiger partial charge in [-0.1, -0.05) is 13.3 Å². The molecule has 0 saturated carbocycles. The number of nitrogens with two attached hydrogens (primary N) is 1. The van der Waals surface area contributed by atoms with E-state index in [0.717, 1.165) is 29.4 Å². The summed E-state index contributed by atoms with van der Waals surface area (Å²) in [6.07, 6.45) is 8.45. The Morgan fingerprint density at radius 1 is 1.37 bits per heavy atom. The summed E-state index contributed by atoms with van der Waals surface area (Å²) in [7, 11) is 0. The first-order valence-electron chi connectivity index (χ1n) is 9.70. The number of aromatic nitrogens is 4. The second-order valence-corrected chi connectivity index (χ2v) is 8.29. The van der Waals surface area contributed by atoms with Gasteiger partial charge in [0.15, 0.2) is 0 Å². The van der Waals surface area contributed by atoms with Crippen LogP contribution in [0, 0.1) is 17.2 Å². The summed E-state index contributed by atoms with van der Waals surface area (Å²) in [5, 5.41) is 16.8. The van der Waals surface area contributed by atoms with E-state index in [2.05, 4.69) is 48.1 Å². The van der Waals surface area contributed by atoms with Gasteiger partial charge in [-0.2, -0.15) is 10.4 Å². The summed E-state index contributed by atoms with van der Waals surface area (Å²) in [6, 6.07) is 4.02. The van der Waals surface area contributed by atoms with Crippen LogP contribution in [0.15, 0.2) is 35.3 Å². The van der Waals surface area contributed by atoms with Crippen LogP contribution in [0.2, 0.25) is 0 Å². The number of rotatable bonds is 6. The Labute approximate surface area is 182 Å². The van der Waals surface area contributed by atoms with Gasteiger partial charge in [0.2, 0.25) is 5.95 Å². The van der Waals surface area contributed by atoms with Gasteiger partial charge in [-0.25, -0.2) is 14.5 Å². The standard InChI is InChI=1S/C20H21BrN8O/c1-2-3-13-9-28(20-24-6-12(5-22)7-25-20)11-16(13)27-18-15(19(23)30)8-26-29-10-14(21)4-17(18)29/h4,6-8,10,13,16,27H,2-3,9,11H2,1H3,(H2,23,30). The van der Waals surface area contributed by atoms with Crippen molar-refractivity contribution in [1.29, 1.82) is 5.26 Å². The third-order valence-corrected chi connectivity index (χ3v) is 5.78. The summed E-state index contributed by atoms with van der Waals surface area (Å²) >= 11 is 3.47. The lowest BCUT2D eigenvalue weighted by molar-refractivity contribution is 0.100. The Balaban J connectivity index is 1.66. The lowest BCUT2D eigenvalue weighted by atomic mass is 9.97. The van der Waals surface area contributed by atoms with Crippen LogP contribution in [0.1, 0.15) is 35.7 Å². The number of amides is 1. The number of carbonyl (C=O) groups is 1. The Hall–Kier alpha value is -3.19. The second kappa shape index (κ2) is 8.28. The van der Waals surface area contributed by atoms with Crippen molar-refractivity contribution in [2.24, 2.45) is 11.7 Å². The van der Waals surface area contributed by atoms with E-state index >= 15 is 0 Å². The van der Waals surface area contributed by atoms with E-state index in [9.17, 15) is 4.79 Å². The number of halogens is 1. The smallest absolute Gasteiger partial charge is 0.252 e. The SMILES string of the molecule is CCCC1CN(c2ncc(C#N)cn2)CC1Nc1c(C(N)=O)cnn2cc(Br)cc12. The Morgan fingerprint density at radius 3 is 2.80 bits per heavy atom. The van der Waals surface area contributed by atoms with Gasteiger partial charge in [0.1, 0.15) is 6.07 Å². The molecule has 3 aromatic rings. The van der Waals surface area contributed by atoms with Crippen molar-refractivity contribution >= 4 is 39.0 Å². The molecule has 154 valence electrons. The van der Waals surface area contributed by atoms with Crippen molar-refractivity contribution in [2.45, 2.75) is 25.8 Å². The summed E-state index contributed by atoms with van der Waals surface area (Å²) in [6.45, 7) is 3.61. The Kier molecular flexibility index (Phi) is 5.55. The monoisotopic (exact) mass is 468 g/mol. The van der Waals surface area contributed by atoms with E-state index in [4.69, 9.17) is 11.0 Å². The molecule has 2 atom stereocenters. The highest BCUT2D eigenvalue weighted by atomic mass is 79.9. The fraction of sp³-hybridized carbons (Fsp3) is 0.350. The summed E-state index contributed by atoms with van der Waals surface area (Å²) < 4.78 is 2.58. The van der Waals surface area contributed by atoms with Crippen LogP contribution in [0.25, 0.3) is 5.52 Å². The molecule has 4 heterocycles. The molecule has 1 saturated heterocycles.